The van der Waals surface area contributed by atoms with Gasteiger partial charge in [0.15, 0.2) is 0 Å². The number of hydrogen-bond donors (Lipinski definition) is 0. The number of benzene rings is 1. The van der Waals surface area contributed by atoms with Crippen molar-refractivity contribution in [3.8, 4) is 0 Å². The van der Waals surface area contributed by atoms with E-state index in [1.54, 1.807) is 0 Å². The first-order valence-corrected chi connectivity index (χ1v) is 6.67. The first kappa shape index (κ1) is 11.4. The van der Waals surface area contributed by atoms with Crippen molar-refractivity contribution in [2.45, 2.75) is 31.6 Å². The number of carbonyl (C=O) groups excluding carboxylic acids is 1. The summed E-state index contributed by atoms with van der Waals surface area (Å²) in [6.07, 6.45) is 7.29. The van der Waals surface area contributed by atoms with E-state index >= 15 is 0 Å². The highest BCUT2D eigenvalue weighted by Gasteiger charge is 2.21. The summed E-state index contributed by atoms with van der Waals surface area (Å²) < 4.78 is 0. The molecule has 0 spiro atoms. The van der Waals surface area contributed by atoms with Gasteiger partial charge in [-0.2, -0.15) is 0 Å². The number of rotatable bonds is 2. The second kappa shape index (κ2) is 4.89. The van der Waals surface area contributed by atoms with Gasteiger partial charge in [0.05, 0.1) is 5.52 Å². The van der Waals surface area contributed by atoms with Gasteiger partial charge in [-0.25, -0.2) is 0 Å². The van der Waals surface area contributed by atoms with E-state index in [9.17, 15) is 4.79 Å². The van der Waals surface area contributed by atoms with Crippen LogP contribution in [0, 0.1) is 5.92 Å². The molecule has 0 atom stereocenters. The van der Waals surface area contributed by atoms with Crippen molar-refractivity contribution in [2.24, 2.45) is 5.92 Å². The lowest BCUT2D eigenvalue weighted by Crippen LogP contribution is -2.14. The van der Waals surface area contributed by atoms with Crippen molar-refractivity contribution in [3.63, 3.8) is 0 Å². The largest absolute Gasteiger partial charge is 0.303 e. The van der Waals surface area contributed by atoms with Gasteiger partial charge in [0.1, 0.15) is 6.29 Å². The zero-order chi connectivity index (χ0) is 12.4. The van der Waals surface area contributed by atoms with E-state index in [4.69, 9.17) is 0 Å². The van der Waals surface area contributed by atoms with Gasteiger partial charge < -0.3 is 4.79 Å². The highest BCUT2D eigenvalue weighted by Crippen LogP contribution is 2.35. The van der Waals surface area contributed by atoms with Crippen LogP contribution < -0.4 is 0 Å². The normalized spacial score (nSPS) is 24.0. The fourth-order valence-corrected chi connectivity index (χ4v) is 2.93. The molecule has 0 amide bonds. The molecule has 1 aliphatic rings. The minimum atomic E-state index is 0.292. The minimum Gasteiger partial charge on any atom is -0.303 e. The van der Waals surface area contributed by atoms with Crippen LogP contribution in [-0.4, -0.2) is 11.3 Å². The third-order valence-corrected chi connectivity index (χ3v) is 4.07. The van der Waals surface area contributed by atoms with Crippen molar-refractivity contribution in [1.29, 1.82) is 0 Å². The number of pyridine rings is 1. The quantitative estimate of drug-likeness (QED) is 0.748. The molecular formula is C16H17NO. The molecule has 0 bridgehead atoms. The molecule has 2 aromatic rings. The predicted molar refractivity (Wildman–Crippen MR) is 72.5 cm³/mol. The fraction of sp³-hybridized carbons (Fsp3) is 0.375. The standard InChI is InChI=1S/C16H17NO/c18-11-12-3-5-13(6-4-12)15-8-7-14-2-1-9-17-16(14)10-15/h1-2,7-13H,3-6H2. The maximum absolute atomic E-state index is 10.8. The maximum atomic E-state index is 10.8. The Morgan fingerprint density at radius 1 is 1.11 bits per heavy atom. The van der Waals surface area contributed by atoms with E-state index in [0.717, 1.165) is 37.5 Å². The average Bonchev–Trinajstić information content (AvgIpc) is 2.47. The number of aromatic nitrogens is 1. The second-order valence-corrected chi connectivity index (χ2v) is 5.20. The third-order valence-electron chi connectivity index (χ3n) is 4.07. The molecule has 1 heterocycles. The van der Waals surface area contributed by atoms with Crippen LogP contribution >= 0.6 is 0 Å². The topological polar surface area (TPSA) is 30.0 Å². The first-order valence-electron chi connectivity index (χ1n) is 6.67. The molecule has 0 aliphatic heterocycles. The van der Waals surface area contributed by atoms with Crippen molar-refractivity contribution >= 4 is 17.2 Å². The lowest BCUT2D eigenvalue weighted by atomic mass is 9.79. The van der Waals surface area contributed by atoms with E-state index in [0.29, 0.717) is 11.8 Å². The Morgan fingerprint density at radius 2 is 1.94 bits per heavy atom. The van der Waals surface area contributed by atoms with Crippen LogP contribution in [0.1, 0.15) is 37.2 Å². The van der Waals surface area contributed by atoms with Gasteiger partial charge in [-0.15, -0.1) is 0 Å². The van der Waals surface area contributed by atoms with Gasteiger partial charge in [0.25, 0.3) is 0 Å². The van der Waals surface area contributed by atoms with Crippen molar-refractivity contribution in [2.75, 3.05) is 0 Å². The lowest BCUT2D eigenvalue weighted by Gasteiger charge is -2.25. The van der Waals surface area contributed by atoms with Gasteiger partial charge >= 0.3 is 0 Å². The average molecular weight is 239 g/mol. The highest BCUT2D eigenvalue weighted by molar-refractivity contribution is 5.79. The summed E-state index contributed by atoms with van der Waals surface area (Å²) in [5, 5.41) is 1.20. The molecule has 1 fully saturated rings. The van der Waals surface area contributed by atoms with Crippen LogP contribution in [0.2, 0.25) is 0 Å². The fourth-order valence-electron chi connectivity index (χ4n) is 2.93. The number of carbonyl (C=O) groups is 1. The molecule has 18 heavy (non-hydrogen) atoms. The molecule has 2 heteroatoms. The van der Waals surface area contributed by atoms with Crippen molar-refractivity contribution < 1.29 is 4.79 Å². The summed E-state index contributed by atoms with van der Waals surface area (Å²) in [5.74, 6) is 0.896. The van der Waals surface area contributed by atoms with Gasteiger partial charge in [-0.05, 0) is 49.3 Å². The Morgan fingerprint density at radius 3 is 2.72 bits per heavy atom. The van der Waals surface area contributed by atoms with Gasteiger partial charge in [-0.3, -0.25) is 4.98 Å². The van der Waals surface area contributed by atoms with Gasteiger partial charge in [0, 0.05) is 17.5 Å². The molecule has 2 nitrogen and oxygen atoms in total. The van der Waals surface area contributed by atoms with E-state index < -0.39 is 0 Å². The Kier molecular flexibility index (Phi) is 3.09. The molecule has 3 rings (SSSR count). The Hall–Kier alpha value is -1.70. The van der Waals surface area contributed by atoms with Gasteiger partial charge in [-0.1, -0.05) is 18.2 Å². The van der Waals surface area contributed by atoms with Crippen molar-refractivity contribution in [3.05, 3.63) is 42.1 Å². The number of fused-ring (bicyclic) bond motifs is 1. The molecule has 0 saturated heterocycles. The third kappa shape index (κ3) is 2.15. The second-order valence-electron chi connectivity index (χ2n) is 5.20. The summed E-state index contributed by atoms with van der Waals surface area (Å²) in [6.45, 7) is 0. The van der Waals surface area contributed by atoms with Crippen LogP contribution in [0.3, 0.4) is 0 Å². The molecule has 0 unspecified atom stereocenters. The van der Waals surface area contributed by atoms with E-state index in [1.807, 2.05) is 12.3 Å². The predicted octanol–water partition coefficient (Wildman–Crippen LogP) is 3.71. The van der Waals surface area contributed by atoms with Gasteiger partial charge in [0.2, 0.25) is 0 Å². The van der Waals surface area contributed by atoms with Crippen LogP contribution in [0.4, 0.5) is 0 Å². The summed E-state index contributed by atoms with van der Waals surface area (Å²) in [7, 11) is 0. The monoisotopic (exact) mass is 239 g/mol. The van der Waals surface area contributed by atoms with Crippen LogP contribution in [0.15, 0.2) is 36.5 Å². The summed E-state index contributed by atoms with van der Waals surface area (Å²) in [5.41, 5.74) is 2.46. The van der Waals surface area contributed by atoms with Crippen LogP contribution in [-0.2, 0) is 4.79 Å². The molecule has 1 saturated carbocycles. The number of aldehydes is 1. The van der Waals surface area contributed by atoms with E-state index in [2.05, 4.69) is 29.2 Å². The van der Waals surface area contributed by atoms with E-state index in [-0.39, 0.29) is 0 Å². The summed E-state index contributed by atoms with van der Waals surface area (Å²) in [4.78, 5) is 15.2. The zero-order valence-corrected chi connectivity index (χ0v) is 10.4. The molecule has 0 radical (unpaired) electrons. The minimum absolute atomic E-state index is 0.292. The molecular weight excluding hydrogens is 222 g/mol. The van der Waals surface area contributed by atoms with E-state index in [1.165, 1.54) is 10.9 Å². The van der Waals surface area contributed by atoms with Crippen LogP contribution in [0.25, 0.3) is 10.9 Å². The Balaban J connectivity index is 1.84. The molecule has 0 N–H and O–H groups in total. The smallest absolute Gasteiger partial charge is 0.123 e. The maximum Gasteiger partial charge on any atom is 0.123 e. The Bertz CT molecular complexity index is 556. The molecule has 1 aromatic heterocycles. The SMILES string of the molecule is O=CC1CCC(c2ccc3cccnc3c2)CC1. The van der Waals surface area contributed by atoms with Crippen molar-refractivity contribution in [1.82, 2.24) is 4.98 Å². The molecule has 1 aliphatic carbocycles. The molecule has 92 valence electrons. The molecule has 1 aromatic carbocycles. The number of hydrogen-bond acceptors (Lipinski definition) is 2. The lowest BCUT2D eigenvalue weighted by molar-refractivity contribution is -0.111. The highest BCUT2D eigenvalue weighted by atomic mass is 16.1. The Labute approximate surface area is 107 Å². The first-order chi connectivity index (χ1) is 8.86. The zero-order valence-electron chi connectivity index (χ0n) is 10.4. The summed E-state index contributed by atoms with van der Waals surface area (Å²) >= 11 is 0. The number of nitrogens with zero attached hydrogens (tertiary/aromatic N) is 1. The van der Waals surface area contributed by atoms with Crippen LogP contribution in [0.5, 0.6) is 0 Å². The summed E-state index contributed by atoms with van der Waals surface area (Å²) in [6, 6.07) is 10.6.